The summed E-state index contributed by atoms with van der Waals surface area (Å²) in [6.45, 7) is 9.12. The fourth-order valence-corrected chi connectivity index (χ4v) is 3.22. The molecule has 0 amide bonds. The van der Waals surface area contributed by atoms with Crippen LogP contribution in [0.3, 0.4) is 0 Å². The molecule has 23 heavy (non-hydrogen) atoms. The highest BCUT2D eigenvalue weighted by atomic mass is 16.5. The van der Waals surface area contributed by atoms with E-state index in [0.29, 0.717) is 12.6 Å². The smallest absolute Gasteiger partial charge is 0.119 e. The van der Waals surface area contributed by atoms with Gasteiger partial charge in [-0.3, -0.25) is 4.90 Å². The Labute approximate surface area is 139 Å². The number of piperazine rings is 1. The van der Waals surface area contributed by atoms with Crippen LogP contribution < -0.4 is 10.1 Å². The molecule has 2 aromatic rings. The van der Waals surface area contributed by atoms with Gasteiger partial charge in [-0.15, -0.1) is 0 Å². The number of rotatable bonds is 5. The molecule has 3 heteroatoms. The van der Waals surface area contributed by atoms with E-state index in [4.69, 9.17) is 4.74 Å². The van der Waals surface area contributed by atoms with E-state index in [1.807, 2.05) is 6.92 Å². The zero-order valence-corrected chi connectivity index (χ0v) is 14.1. The molecule has 1 saturated heterocycles. The molecule has 0 aromatic heterocycles. The maximum atomic E-state index is 5.58. The van der Waals surface area contributed by atoms with Crippen LogP contribution in [-0.2, 0) is 0 Å². The van der Waals surface area contributed by atoms with Crippen molar-refractivity contribution in [3.05, 3.63) is 65.2 Å². The second-order valence-electron chi connectivity index (χ2n) is 6.10. The molecule has 1 atom stereocenters. The van der Waals surface area contributed by atoms with Crippen LogP contribution in [-0.4, -0.2) is 37.7 Å². The Morgan fingerprint density at radius 1 is 0.957 bits per heavy atom. The molecule has 0 saturated carbocycles. The minimum atomic E-state index is 0.313. The van der Waals surface area contributed by atoms with Crippen LogP contribution >= 0.6 is 0 Å². The van der Waals surface area contributed by atoms with E-state index in [9.17, 15) is 0 Å². The predicted octanol–water partition coefficient (Wildman–Crippen LogP) is 3.39. The Morgan fingerprint density at radius 3 is 2.09 bits per heavy atom. The van der Waals surface area contributed by atoms with Gasteiger partial charge in [0, 0.05) is 26.2 Å². The summed E-state index contributed by atoms with van der Waals surface area (Å²) in [5.41, 5.74) is 4.00. The van der Waals surface area contributed by atoms with E-state index in [2.05, 4.69) is 65.7 Å². The molecular weight excluding hydrogens is 284 g/mol. The van der Waals surface area contributed by atoms with E-state index < -0.39 is 0 Å². The molecular formula is C20H26N2O. The molecule has 0 radical (unpaired) electrons. The van der Waals surface area contributed by atoms with Gasteiger partial charge >= 0.3 is 0 Å². The first-order valence-electron chi connectivity index (χ1n) is 8.52. The molecule has 1 aliphatic rings. The van der Waals surface area contributed by atoms with E-state index in [1.54, 1.807) is 0 Å². The average Bonchev–Trinajstić information content (AvgIpc) is 2.60. The lowest BCUT2D eigenvalue weighted by atomic mass is 9.95. The maximum Gasteiger partial charge on any atom is 0.119 e. The van der Waals surface area contributed by atoms with Crippen LogP contribution in [0.4, 0.5) is 0 Å². The Bertz CT molecular complexity index is 601. The van der Waals surface area contributed by atoms with Crippen LogP contribution in [0.2, 0.25) is 0 Å². The molecule has 122 valence electrons. The highest BCUT2D eigenvalue weighted by Gasteiger charge is 2.23. The van der Waals surface area contributed by atoms with Gasteiger partial charge in [0.1, 0.15) is 5.75 Å². The summed E-state index contributed by atoms with van der Waals surface area (Å²) in [4.78, 5) is 2.57. The molecule has 1 fully saturated rings. The predicted molar refractivity (Wildman–Crippen MR) is 95.1 cm³/mol. The average molecular weight is 310 g/mol. The number of benzene rings is 2. The van der Waals surface area contributed by atoms with Crippen molar-refractivity contribution < 1.29 is 4.74 Å². The van der Waals surface area contributed by atoms with Gasteiger partial charge in [-0.1, -0.05) is 42.0 Å². The van der Waals surface area contributed by atoms with Crippen LogP contribution in [0.1, 0.15) is 29.7 Å². The summed E-state index contributed by atoms with van der Waals surface area (Å²) < 4.78 is 5.58. The Hall–Kier alpha value is -1.84. The van der Waals surface area contributed by atoms with Gasteiger partial charge in [-0.25, -0.2) is 0 Å². The van der Waals surface area contributed by atoms with Gasteiger partial charge in [-0.05, 0) is 37.1 Å². The summed E-state index contributed by atoms with van der Waals surface area (Å²) in [7, 11) is 0. The first-order valence-corrected chi connectivity index (χ1v) is 8.52. The van der Waals surface area contributed by atoms with Crippen LogP contribution in [0.25, 0.3) is 0 Å². The normalized spacial score (nSPS) is 17.0. The molecule has 3 nitrogen and oxygen atoms in total. The van der Waals surface area contributed by atoms with Crippen molar-refractivity contribution in [1.29, 1.82) is 0 Å². The molecule has 1 aliphatic heterocycles. The second kappa shape index (κ2) is 7.62. The van der Waals surface area contributed by atoms with Gasteiger partial charge in [-0.2, -0.15) is 0 Å². The summed E-state index contributed by atoms with van der Waals surface area (Å²) in [6.07, 6.45) is 0. The fraction of sp³-hybridized carbons (Fsp3) is 0.400. The van der Waals surface area contributed by atoms with Crippen molar-refractivity contribution in [2.24, 2.45) is 0 Å². The Morgan fingerprint density at radius 2 is 1.52 bits per heavy atom. The fourth-order valence-electron chi connectivity index (χ4n) is 3.22. The van der Waals surface area contributed by atoms with Crippen LogP contribution in [0.15, 0.2) is 48.5 Å². The van der Waals surface area contributed by atoms with Gasteiger partial charge in [0.2, 0.25) is 0 Å². The molecule has 0 bridgehead atoms. The largest absolute Gasteiger partial charge is 0.494 e. The summed E-state index contributed by atoms with van der Waals surface area (Å²) in [5, 5.41) is 3.45. The van der Waals surface area contributed by atoms with Crippen molar-refractivity contribution in [3.8, 4) is 5.75 Å². The van der Waals surface area contributed by atoms with E-state index in [0.717, 1.165) is 31.9 Å². The number of hydrogen-bond acceptors (Lipinski definition) is 3. The Balaban J connectivity index is 1.91. The number of hydrogen-bond donors (Lipinski definition) is 1. The Kier molecular flexibility index (Phi) is 5.31. The molecule has 0 spiro atoms. The van der Waals surface area contributed by atoms with Crippen molar-refractivity contribution in [1.82, 2.24) is 10.2 Å². The van der Waals surface area contributed by atoms with Gasteiger partial charge in [0.15, 0.2) is 0 Å². The lowest BCUT2D eigenvalue weighted by molar-refractivity contribution is 0.198. The van der Waals surface area contributed by atoms with Crippen molar-refractivity contribution in [2.75, 3.05) is 32.8 Å². The van der Waals surface area contributed by atoms with Crippen LogP contribution in [0.5, 0.6) is 5.75 Å². The van der Waals surface area contributed by atoms with Gasteiger partial charge in [0.05, 0.1) is 12.6 Å². The lowest BCUT2D eigenvalue weighted by Crippen LogP contribution is -2.45. The standard InChI is InChI=1S/C20H26N2O/c1-3-23-19-10-8-18(9-11-19)20(22-14-12-21-13-15-22)17-6-4-16(2)5-7-17/h4-11,20-21H,3,12-15H2,1-2H3. The van der Waals surface area contributed by atoms with E-state index >= 15 is 0 Å². The summed E-state index contributed by atoms with van der Waals surface area (Å²) in [5.74, 6) is 0.944. The van der Waals surface area contributed by atoms with Gasteiger partial charge in [0.25, 0.3) is 0 Å². The monoisotopic (exact) mass is 310 g/mol. The minimum Gasteiger partial charge on any atom is -0.494 e. The summed E-state index contributed by atoms with van der Waals surface area (Å²) in [6, 6.07) is 17.8. The number of nitrogens with one attached hydrogen (secondary N) is 1. The maximum absolute atomic E-state index is 5.58. The van der Waals surface area contributed by atoms with E-state index in [1.165, 1.54) is 16.7 Å². The first kappa shape index (κ1) is 16.0. The second-order valence-corrected chi connectivity index (χ2v) is 6.10. The van der Waals surface area contributed by atoms with Crippen molar-refractivity contribution >= 4 is 0 Å². The SMILES string of the molecule is CCOc1ccc(C(c2ccc(C)cc2)N2CCNCC2)cc1. The van der Waals surface area contributed by atoms with Gasteiger partial charge < -0.3 is 10.1 Å². The number of ether oxygens (including phenoxy) is 1. The third-order valence-electron chi connectivity index (χ3n) is 4.42. The molecule has 1 heterocycles. The minimum absolute atomic E-state index is 0.313. The highest BCUT2D eigenvalue weighted by molar-refractivity contribution is 5.36. The molecule has 2 aromatic carbocycles. The number of aryl methyl sites for hydroxylation is 1. The highest BCUT2D eigenvalue weighted by Crippen LogP contribution is 2.30. The zero-order valence-electron chi connectivity index (χ0n) is 14.1. The quantitative estimate of drug-likeness (QED) is 0.916. The summed E-state index contributed by atoms with van der Waals surface area (Å²) >= 11 is 0. The molecule has 1 N–H and O–H groups in total. The van der Waals surface area contributed by atoms with Crippen molar-refractivity contribution in [3.63, 3.8) is 0 Å². The molecule has 0 aliphatic carbocycles. The topological polar surface area (TPSA) is 24.5 Å². The third kappa shape index (κ3) is 3.92. The van der Waals surface area contributed by atoms with Crippen LogP contribution in [0, 0.1) is 6.92 Å². The van der Waals surface area contributed by atoms with E-state index in [-0.39, 0.29) is 0 Å². The zero-order chi connectivity index (χ0) is 16.1. The van der Waals surface area contributed by atoms with Crippen molar-refractivity contribution in [2.45, 2.75) is 19.9 Å². The lowest BCUT2D eigenvalue weighted by Gasteiger charge is -2.35. The third-order valence-corrected chi connectivity index (χ3v) is 4.42. The molecule has 3 rings (SSSR count). The number of nitrogens with zero attached hydrogens (tertiary/aromatic N) is 1. The molecule has 1 unspecified atom stereocenters. The first-order chi connectivity index (χ1) is 11.3.